The van der Waals surface area contributed by atoms with E-state index in [-0.39, 0.29) is 18.7 Å². The molecule has 0 spiro atoms. The topological polar surface area (TPSA) is 78.8 Å². The molecule has 90 valence electrons. The molecule has 1 unspecified atom stereocenters. The van der Waals surface area contributed by atoms with Crippen molar-refractivity contribution < 1.29 is 19.7 Å². The van der Waals surface area contributed by atoms with Gasteiger partial charge in [-0.1, -0.05) is 0 Å². The number of esters is 1. The lowest BCUT2D eigenvalue weighted by molar-refractivity contribution is -0.160. The van der Waals surface area contributed by atoms with Gasteiger partial charge in [-0.15, -0.1) is 0 Å². The standard InChI is InChI=1S/C10H21NO4/c1-9(2,5-6-12)11-7-10(3,14)8(13)15-4/h11-12,14H,5-7H2,1-4H3. The molecule has 0 amide bonds. The van der Waals surface area contributed by atoms with E-state index in [1.807, 2.05) is 13.8 Å². The number of aliphatic hydroxyl groups is 2. The van der Waals surface area contributed by atoms with Gasteiger partial charge < -0.3 is 20.3 Å². The van der Waals surface area contributed by atoms with Gasteiger partial charge in [0.1, 0.15) is 0 Å². The van der Waals surface area contributed by atoms with Gasteiger partial charge in [0.25, 0.3) is 0 Å². The van der Waals surface area contributed by atoms with Crippen molar-refractivity contribution in [2.75, 3.05) is 20.3 Å². The molecule has 0 saturated heterocycles. The van der Waals surface area contributed by atoms with Crippen LogP contribution in [0.15, 0.2) is 0 Å². The summed E-state index contributed by atoms with van der Waals surface area (Å²) in [6.45, 7) is 5.31. The average Bonchev–Trinajstić information content (AvgIpc) is 2.14. The molecule has 0 aliphatic carbocycles. The number of nitrogens with one attached hydrogen (secondary N) is 1. The molecule has 0 aromatic rings. The number of hydrogen-bond donors (Lipinski definition) is 3. The van der Waals surface area contributed by atoms with E-state index in [4.69, 9.17) is 5.11 Å². The Balaban J connectivity index is 4.19. The molecule has 5 heteroatoms. The summed E-state index contributed by atoms with van der Waals surface area (Å²) in [4.78, 5) is 11.1. The van der Waals surface area contributed by atoms with Crippen LogP contribution in [0.2, 0.25) is 0 Å². The lowest BCUT2D eigenvalue weighted by atomic mass is 9.99. The van der Waals surface area contributed by atoms with Crippen molar-refractivity contribution in [2.24, 2.45) is 0 Å². The quantitative estimate of drug-likeness (QED) is 0.533. The minimum atomic E-state index is -1.54. The van der Waals surface area contributed by atoms with Gasteiger partial charge in [0.15, 0.2) is 5.60 Å². The molecule has 0 rings (SSSR count). The van der Waals surface area contributed by atoms with Crippen molar-refractivity contribution in [3.8, 4) is 0 Å². The van der Waals surface area contributed by atoms with Crippen LogP contribution in [0.1, 0.15) is 27.2 Å². The van der Waals surface area contributed by atoms with Crippen LogP contribution < -0.4 is 5.32 Å². The van der Waals surface area contributed by atoms with Crippen molar-refractivity contribution in [3.05, 3.63) is 0 Å². The summed E-state index contributed by atoms with van der Waals surface area (Å²) in [6.07, 6.45) is 0.546. The van der Waals surface area contributed by atoms with Crippen LogP contribution in [0.4, 0.5) is 0 Å². The Morgan fingerprint density at radius 2 is 1.93 bits per heavy atom. The number of rotatable bonds is 6. The van der Waals surface area contributed by atoms with Crippen LogP contribution in [0.25, 0.3) is 0 Å². The molecule has 1 atom stereocenters. The van der Waals surface area contributed by atoms with E-state index in [1.165, 1.54) is 14.0 Å². The van der Waals surface area contributed by atoms with Crippen molar-refractivity contribution >= 4 is 5.97 Å². The van der Waals surface area contributed by atoms with Gasteiger partial charge in [-0.25, -0.2) is 4.79 Å². The third-order valence-corrected chi connectivity index (χ3v) is 2.27. The zero-order valence-electron chi connectivity index (χ0n) is 9.83. The molecule has 0 aliphatic heterocycles. The lowest BCUT2D eigenvalue weighted by Crippen LogP contribution is -2.52. The van der Waals surface area contributed by atoms with Crippen molar-refractivity contribution in [2.45, 2.75) is 38.3 Å². The summed E-state index contributed by atoms with van der Waals surface area (Å²) >= 11 is 0. The molecule has 15 heavy (non-hydrogen) atoms. The Bertz CT molecular complexity index is 213. The van der Waals surface area contributed by atoms with E-state index < -0.39 is 11.6 Å². The first-order chi connectivity index (χ1) is 6.75. The maximum atomic E-state index is 11.1. The van der Waals surface area contributed by atoms with Gasteiger partial charge in [0.2, 0.25) is 0 Å². The molecule has 0 aromatic carbocycles. The predicted octanol–water partition coefficient (Wildman–Crippen LogP) is -0.339. The number of methoxy groups -OCH3 is 1. The van der Waals surface area contributed by atoms with Gasteiger partial charge in [-0.3, -0.25) is 0 Å². The molecular formula is C10H21NO4. The highest BCUT2D eigenvalue weighted by molar-refractivity contribution is 5.78. The maximum Gasteiger partial charge on any atom is 0.338 e. The number of β-amino-alcohol motifs (C(OH)–C–C–N with tert-alkyl or cyclic N) is 1. The Morgan fingerprint density at radius 1 is 1.40 bits per heavy atom. The second-order valence-corrected chi connectivity index (χ2v) is 4.48. The van der Waals surface area contributed by atoms with Crippen LogP contribution in [-0.2, 0) is 9.53 Å². The molecule has 0 bridgehead atoms. The number of aliphatic hydroxyl groups excluding tert-OH is 1. The minimum absolute atomic E-state index is 0.0559. The molecule has 3 N–H and O–H groups in total. The van der Waals surface area contributed by atoms with E-state index in [0.717, 1.165) is 0 Å². The van der Waals surface area contributed by atoms with Crippen LogP contribution in [0.3, 0.4) is 0 Å². The normalized spacial score (nSPS) is 15.9. The number of hydrogen-bond acceptors (Lipinski definition) is 5. The van der Waals surface area contributed by atoms with Crippen LogP contribution in [0.5, 0.6) is 0 Å². The molecule has 0 fully saturated rings. The van der Waals surface area contributed by atoms with Crippen molar-refractivity contribution in [3.63, 3.8) is 0 Å². The molecule has 0 radical (unpaired) electrons. The Hall–Kier alpha value is -0.650. The lowest BCUT2D eigenvalue weighted by Gasteiger charge is -2.30. The highest BCUT2D eigenvalue weighted by atomic mass is 16.5. The molecule has 0 saturated carbocycles. The monoisotopic (exact) mass is 219 g/mol. The van der Waals surface area contributed by atoms with E-state index in [2.05, 4.69) is 10.1 Å². The third-order valence-electron chi connectivity index (χ3n) is 2.27. The SMILES string of the molecule is COC(=O)C(C)(O)CNC(C)(C)CCO. The van der Waals surface area contributed by atoms with E-state index >= 15 is 0 Å². The summed E-state index contributed by atoms with van der Waals surface area (Å²) < 4.78 is 4.46. The van der Waals surface area contributed by atoms with Crippen LogP contribution in [-0.4, -0.2) is 47.6 Å². The largest absolute Gasteiger partial charge is 0.467 e. The van der Waals surface area contributed by atoms with Crippen molar-refractivity contribution in [1.29, 1.82) is 0 Å². The Morgan fingerprint density at radius 3 is 2.33 bits per heavy atom. The van der Waals surface area contributed by atoms with E-state index in [9.17, 15) is 9.90 Å². The molecule has 0 aliphatic rings. The average molecular weight is 219 g/mol. The summed E-state index contributed by atoms with van der Waals surface area (Å²) in [5.74, 6) is -0.671. The summed E-state index contributed by atoms with van der Waals surface area (Å²) in [7, 11) is 1.23. The minimum Gasteiger partial charge on any atom is -0.467 e. The summed E-state index contributed by atoms with van der Waals surface area (Å²) in [5, 5.41) is 21.5. The van der Waals surface area contributed by atoms with Gasteiger partial charge in [-0.05, 0) is 27.2 Å². The van der Waals surface area contributed by atoms with Gasteiger partial charge in [0.05, 0.1) is 7.11 Å². The number of ether oxygens (including phenoxy) is 1. The third kappa shape index (κ3) is 5.11. The van der Waals surface area contributed by atoms with Crippen LogP contribution in [0, 0.1) is 0 Å². The van der Waals surface area contributed by atoms with Gasteiger partial charge in [0, 0.05) is 18.7 Å². The second kappa shape index (κ2) is 5.44. The zero-order chi connectivity index (χ0) is 12.1. The Kier molecular flexibility index (Phi) is 5.20. The number of carbonyl (C=O) groups excluding carboxylic acids is 1. The number of carbonyl (C=O) groups is 1. The maximum absolute atomic E-state index is 11.1. The predicted molar refractivity (Wildman–Crippen MR) is 56.4 cm³/mol. The second-order valence-electron chi connectivity index (χ2n) is 4.48. The smallest absolute Gasteiger partial charge is 0.338 e. The zero-order valence-corrected chi connectivity index (χ0v) is 9.83. The Labute approximate surface area is 90.4 Å². The summed E-state index contributed by atoms with van der Waals surface area (Å²) in [6, 6.07) is 0. The molecule has 5 nitrogen and oxygen atoms in total. The van der Waals surface area contributed by atoms with Gasteiger partial charge in [-0.2, -0.15) is 0 Å². The molecule has 0 heterocycles. The fraction of sp³-hybridized carbons (Fsp3) is 0.900. The van der Waals surface area contributed by atoms with Crippen LogP contribution >= 0.6 is 0 Å². The molecular weight excluding hydrogens is 198 g/mol. The fourth-order valence-corrected chi connectivity index (χ4v) is 1.07. The highest BCUT2D eigenvalue weighted by Crippen LogP contribution is 2.11. The van der Waals surface area contributed by atoms with Crippen molar-refractivity contribution in [1.82, 2.24) is 5.32 Å². The first kappa shape index (κ1) is 14.3. The van der Waals surface area contributed by atoms with Gasteiger partial charge >= 0.3 is 5.97 Å². The molecule has 0 aromatic heterocycles. The highest BCUT2D eigenvalue weighted by Gasteiger charge is 2.33. The first-order valence-electron chi connectivity index (χ1n) is 4.92. The van der Waals surface area contributed by atoms with E-state index in [0.29, 0.717) is 6.42 Å². The summed E-state index contributed by atoms with van der Waals surface area (Å²) in [5.41, 5.74) is -1.87. The fourth-order valence-electron chi connectivity index (χ4n) is 1.07. The van der Waals surface area contributed by atoms with E-state index in [1.54, 1.807) is 0 Å². The first-order valence-corrected chi connectivity index (χ1v) is 4.92.